The Hall–Kier alpha value is -1.34. The first-order valence-corrected chi connectivity index (χ1v) is 9.10. The predicted molar refractivity (Wildman–Crippen MR) is 90.6 cm³/mol. The zero-order valence-electron chi connectivity index (χ0n) is 14.8. The molecule has 0 saturated carbocycles. The molecule has 0 aromatic carbocycles. The molecular formula is C17H31N3O4. The van der Waals surface area contributed by atoms with E-state index in [1.165, 1.54) is 6.42 Å². The largest absolute Gasteiger partial charge is 0.394 e. The number of likely N-dealkylation sites (tertiary alicyclic amines) is 1. The fourth-order valence-corrected chi connectivity index (χ4v) is 3.39. The fourth-order valence-electron chi connectivity index (χ4n) is 3.39. The van der Waals surface area contributed by atoms with Gasteiger partial charge in [0.15, 0.2) is 0 Å². The van der Waals surface area contributed by atoms with Gasteiger partial charge >= 0.3 is 6.03 Å². The highest BCUT2D eigenvalue weighted by molar-refractivity contribution is 5.77. The summed E-state index contributed by atoms with van der Waals surface area (Å²) in [5.41, 5.74) is 0. The van der Waals surface area contributed by atoms with E-state index in [1.54, 1.807) is 0 Å². The van der Waals surface area contributed by atoms with Gasteiger partial charge in [-0.3, -0.25) is 4.79 Å². The van der Waals surface area contributed by atoms with Crippen molar-refractivity contribution in [2.24, 2.45) is 0 Å². The van der Waals surface area contributed by atoms with E-state index in [4.69, 9.17) is 4.74 Å². The molecule has 24 heavy (non-hydrogen) atoms. The quantitative estimate of drug-likeness (QED) is 0.696. The van der Waals surface area contributed by atoms with E-state index in [1.807, 2.05) is 18.7 Å². The van der Waals surface area contributed by atoms with Crippen molar-refractivity contribution in [2.75, 3.05) is 19.7 Å². The van der Waals surface area contributed by atoms with E-state index in [9.17, 15) is 14.7 Å². The Bertz CT molecular complexity index is 424. The van der Waals surface area contributed by atoms with Gasteiger partial charge in [0, 0.05) is 19.1 Å². The van der Waals surface area contributed by atoms with Gasteiger partial charge in [-0.1, -0.05) is 0 Å². The van der Waals surface area contributed by atoms with Gasteiger partial charge in [-0.15, -0.1) is 0 Å². The highest BCUT2D eigenvalue weighted by Gasteiger charge is 2.33. The summed E-state index contributed by atoms with van der Waals surface area (Å²) in [6, 6.07) is -0.424. The van der Waals surface area contributed by atoms with Crippen molar-refractivity contribution in [1.29, 1.82) is 0 Å². The number of hydrogen-bond acceptors (Lipinski definition) is 4. The zero-order valence-corrected chi connectivity index (χ0v) is 14.8. The molecule has 7 nitrogen and oxygen atoms in total. The van der Waals surface area contributed by atoms with Gasteiger partial charge in [-0.2, -0.15) is 0 Å². The molecule has 0 aromatic heterocycles. The van der Waals surface area contributed by atoms with Gasteiger partial charge < -0.3 is 25.4 Å². The summed E-state index contributed by atoms with van der Waals surface area (Å²) < 4.78 is 5.88. The number of hydrogen-bond donors (Lipinski definition) is 3. The normalized spacial score (nSPS) is 27.8. The van der Waals surface area contributed by atoms with Crippen LogP contribution in [0.2, 0.25) is 0 Å². The van der Waals surface area contributed by atoms with Crippen LogP contribution in [0.4, 0.5) is 4.79 Å². The Morgan fingerprint density at radius 1 is 1.21 bits per heavy atom. The second kappa shape index (κ2) is 9.22. The minimum atomic E-state index is -0.462. The average molecular weight is 341 g/mol. The summed E-state index contributed by atoms with van der Waals surface area (Å²) in [5, 5.41) is 15.2. The smallest absolute Gasteiger partial charge is 0.315 e. The van der Waals surface area contributed by atoms with Crippen LogP contribution in [0.25, 0.3) is 0 Å². The van der Waals surface area contributed by atoms with Crippen LogP contribution in [-0.2, 0) is 9.53 Å². The molecule has 3 atom stereocenters. The summed E-state index contributed by atoms with van der Waals surface area (Å²) in [6.07, 6.45) is 4.49. The molecule has 3 amide bonds. The van der Waals surface area contributed by atoms with E-state index >= 15 is 0 Å². The van der Waals surface area contributed by atoms with Crippen molar-refractivity contribution < 1.29 is 19.4 Å². The third-order valence-corrected chi connectivity index (χ3v) is 4.64. The molecule has 0 aromatic rings. The van der Waals surface area contributed by atoms with Gasteiger partial charge in [0.25, 0.3) is 0 Å². The number of amides is 3. The standard InChI is InChI=1S/C17H31N3O4/c1-12(2)18-17(23)19-14-7-6-13(24-15(14)11-21)10-16(22)20-8-4-3-5-9-20/h12-15,21H,3-11H2,1-2H3,(H2,18,19,23)/t13-,14+,15+/m1/s1. The lowest BCUT2D eigenvalue weighted by atomic mass is 9.96. The Labute approximate surface area is 144 Å². The molecule has 2 aliphatic heterocycles. The SMILES string of the molecule is CC(C)NC(=O)N[C@H]1CC[C@H](CC(=O)N2CCCCC2)O[C@H]1CO. The first-order valence-electron chi connectivity index (χ1n) is 9.10. The summed E-state index contributed by atoms with van der Waals surface area (Å²) in [5.74, 6) is 0.139. The van der Waals surface area contributed by atoms with Crippen molar-refractivity contribution in [3.8, 4) is 0 Å². The number of carbonyl (C=O) groups excluding carboxylic acids is 2. The number of carbonyl (C=O) groups is 2. The molecule has 138 valence electrons. The maximum Gasteiger partial charge on any atom is 0.315 e. The fraction of sp³-hybridized carbons (Fsp3) is 0.882. The first-order chi connectivity index (χ1) is 11.5. The van der Waals surface area contributed by atoms with Crippen LogP contribution in [0.3, 0.4) is 0 Å². The van der Waals surface area contributed by atoms with Gasteiger partial charge in [0.05, 0.1) is 25.2 Å². The van der Waals surface area contributed by atoms with E-state index in [0.29, 0.717) is 19.3 Å². The number of nitrogens with zero attached hydrogens (tertiary/aromatic N) is 1. The molecule has 2 fully saturated rings. The highest BCUT2D eigenvalue weighted by atomic mass is 16.5. The summed E-state index contributed by atoms with van der Waals surface area (Å²) in [6.45, 7) is 5.30. The maximum absolute atomic E-state index is 12.3. The van der Waals surface area contributed by atoms with E-state index in [0.717, 1.165) is 25.9 Å². The summed E-state index contributed by atoms with van der Waals surface area (Å²) >= 11 is 0. The molecule has 2 heterocycles. The number of aliphatic hydroxyl groups is 1. The van der Waals surface area contributed by atoms with Gasteiger partial charge in [-0.25, -0.2) is 4.79 Å². The number of ether oxygens (including phenoxy) is 1. The van der Waals surface area contributed by atoms with Crippen molar-refractivity contribution in [2.45, 2.75) is 76.7 Å². The van der Waals surface area contributed by atoms with Crippen molar-refractivity contribution in [1.82, 2.24) is 15.5 Å². The number of rotatable bonds is 5. The molecule has 0 bridgehead atoms. The molecule has 3 N–H and O–H groups in total. The molecule has 0 unspecified atom stereocenters. The molecule has 0 radical (unpaired) electrons. The minimum Gasteiger partial charge on any atom is -0.394 e. The number of nitrogens with one attached hydrogen (secondary N) is 2. The topological polar surface area (TPSA) is 90.9 Å². The van der Waals surface area contributed by atoms with E-state index in [-0.39, 0.29) is 36.7 Å². The van der Waals surface area contributed by atoms with Crippen molar-refractivity contribution >= 4 is 11.9 Å². The number of urea groups is 1. The molecule has 2 aliphatic rings. The number of piperidine rings is 1. The second-order valence-electron chi connectivity index (χ2n) is 7.08. The lowest BCUT2D eigenvalue weighted by Crippen LogP contribution is -2.54. The van der Waals surface area contributed by atoms with Crippen molar-refractivity contribution in [3.05, 3.63) is 0 Å². The van der Waals surface area contributed by atoms with Crippen LogP contribution >= 0.6 is 0 Å². The zero-order chi connectivity index (χ0) is 17.5. The Morgan fingerprint density at radius 3 is 2.54 bits per heavy atom. The van der Waals surface area contributed by atoms with E-state index < -0.39 is 6.10 Å². The Kier molecular flexibility index (Phi) is 7.30. The minimum absolute atomic E-state index is 0.0528. The molecule has 2 saturated heterocycles. The number of aliphatic hydroxyl groups excluding tert-OH is 1. The second-order valence-corrected chi connectivity index (χ2v) is 7.08. The molecule has 2 rings (SSSR count). The lowest BCUT2D eigenvalue weighted by Gasteiger charge is -2.37. The molecule has 7 heteroatoms. The van der Waals surface area contributed by atoms with Gasteiger partial charge in [0.1, 0.15) is 6.10 Å². The summed E-state index contributed by atoms with van der Waals surface area (Å²) in [7, 11) is 0. The van der Waals surface area contributed by atoms with E-state index in [2.05, 4.69) is 10.6 Å². The molecular weight excluding hydrogens is 310 g/mol. The van der Waals surface area contributed by atoms with Crippen LogP contribution in [0.1, 0.15) is 52.4 Å². The van der Waals surface area contributed by atoms with Crippen LogP contribution < -0.4 is 10.6 Å². The Balaban J connectivity index is 1.80. The first kappa shape index (κ1) is 19.0. The van der Waals surface area contributed by atoms with Crippen LogP contribution in [0, 0.1) is 0 Å². The molecule has 0 spiro atoms. The average Bonchev–Trinajstić information content (AvgIpc) is 2.56. The Morgan fingerprint density at radius 2 is 1.92 bits per heavy atom. The predicted octanol–water partition coefficient (Wildman–Crippen LogP) is 1.01. The monoisotopic (exact) mass is 341 g/mol. The highest BCUT2D eigenvalue weighted by Crippen LogP contribution is 2.23. The van der Waals surface area contributed by atoms with Gasteiger partial charge in [0.2, 0.25) is 5.91 Å². The lowest BCUT2D eigenvalue weighted by molar-refractivity contribution is -0.141. The van der Waals surface area contributed by atoms with Crippen molar-refractivity contribution in [3.63, 3.8) is 0 Å². The third kappa shape index (κ3) is 5.63. The summed E-state index contributed by atoms with van der Waals surface area (Å²) in [4.78, 5) is 26.1. The molecule has 0 aliphatic carbocycles. The van der Waals surface area contributed by atoms with Gasteiger partial charge in [-0.05, 0) is 46.0 Å². The van der Waals surface area contributed by atoms with Crippen LogP contribution in [0.15, 0.2) is 0 Å². The third-order valence-electron chi connectivity index (χ3n) is 4.64. The maximum atomic E-state index is 12.3. The van der Waals surface area contributed by atoms with Crippen LogP contribution in [0.5, 0.6) is 0 Å². The van der Waals surface area contributed by atoms with Crippen LogP contribution in [-0.4, -0.2) is 65.9 Å².